The molecule has 0 heterocycles. The number of hydrogen-bond donors (Lipinski definition) is 1. The van der Waals surface area contributed by atoms with E-state index in [4.69, 9.17) is 0 Å². The van der Waals surface area contributed by atoms with E-state index in [0.29, 0.717) is 0 Å². The number of rotatable bonds is 10. The Morgan fingerprint density at radius 3 is 2.43 bits per heavy atom. The minimum atomic E-state index is -0.286. The molecule has 1 atom stereocenters. The molecule has 2 rings (SSSR count). The molecule has 1 aliphatic carbocycles. The highest BCUT2D eigenvalue weighted by atomic mass is 16.1. The topological polar surface area (TPSA) is 56.1 Å². The number of nitrogens with one attached hydrogen (secondary N) is 1. The summed E-state index contributed by atoms with van der Waals surface area (Å²) in [6, 6.07) is 8.52. The molecule has 0 aliphatic heterocycles. The predicted octanol–water partition coefficient (Wildman–Crippen LogP) is 5.05. The van der Waals surface area contributed by atoms with E-state index in [9.17, 15) is 10.1 Å². The maximum Gasteiger partial charge on any atom is 0.263 e. The molecule has 152 valence electrons. The van der Waals surface area contributed by atoms with Crippen LogP contribution in [-0.4, -0.2) is 23.9 Å². The van der Waals surface area contributed by atoms with E-state index >= 15 is 0 Å². The summed E-state index contributed by atoms with van der Waals surface area (Å²) in [5.41, 5.74) is 4.15. The smallest absolute Gasteiger partial charge is 0.263 e. The Hall–Kier alpha value is -2.28. The van der Waals surface area contributed by atoms with Gasteiger partial charge in [-0.25, -0.2) is 0 Å². The second kappa shape index (κ2) is 11.5. The van der Waals surface area contributed by atoms with Gasteiger partial charge in [-0.3, -0.25) is 4.79 Å². The number of carbonyl (C=O) groups excluding carboxylic acids is 1. The quantitative estimate of drug-likeness (QED) is 0.456. The Morgan fingerprint density at radius 1 is 1.18 bits per heavy atom. The molecule has 4 heteroatoms. The van der Waals surface area contributed by atoms with Gasteiger partial charge >= 0.3 is 0 Å². The Bertz CT molecular complexity index is 709. The van der Waals surface area contributed by atoms with Gasteiger partial charge in [-0.2, -0.15) is 5.26 Å². The summed E-state index contributed by atoms with van der Waals surface area (Å²) in [4.78, 5) is 14.8. The van der Waals surface area contributed by atoms with Gasteiger partial charge < -0.3 is 10.2 Å². The van der Waals surface area contributed by atoms with Gasteiger partial charge in [0.25, 0.3) is 5.91 Å². The lowest BCUT2D eigenvalue weighted by Gasteiger charge is -2.22. The van der Waals surface area contributed by atoms with Gasteiger partial charge in [-0.05, 0) is 62.1 Å². The van der Waals surface area contributed by atoms with Gasteiger partial charge in [-0.15, -0.1) is 0 Å². The van der Waals surface area contributed by atoms with Crippen LogP contribution in [0.2, 0.25) is 0 Å². The fourth-order valence-electron chi connectivity index (χ4n) is 3.66. The Morgan fingerprint density at radius 2 is 1.82 bits per heavy atom. The number of benzene rings is 1. The van der Waals surface area contributed by atoms with E-state index in [0.717, 1.165) is 57.2 Å². The number of amides is 1. The summed E-state index contributed by atoms with van der Waals surface area (Å²) >= 11 is 0. The fraction of sp³-hybridized carbons (Fsp3) is 0.583. The molecule has 0 saturated carbocycles. The molecule has 28 heavy (non-hydrogen) atoms. The molecule has 0 saturated heterocycles. The minimum Gasteiger partial charge on any atom is -0.376 e. The zero-order valence-electron chi connectivity index (χ0n) is 17.8. The zero-order chi connectivity index (χ0) is 20.4. The average Bonchev–Trinajstić information content (AvgIpc) is 2.72. The summed E-state index contributed by atoms with van der Waals surface area (Å²) < 4.78 is 0. The van der Waals surface area contributed by atoms with E-state index in [1.165, 1.54) is 24.0 Å². The molecule has 1 aromatic rings. The maximum atomic E-state index is 12.7. The van der Waals surface area contributed by atoms with Crippen molar-refractivity contribution in [1.29, 1.82) is 5.26 Å². The van der Waals surface area contributed by atoms with Gasteiger partial charge in [-0.1, -0.05) is 44.9 Å². The van der Waals surface area contributed by atoms with Gasteiger partial charge in [0.2, 0.25) is 0 Å². The fourth-order valence-corrected chi connectivity index (χ4v) is 3.66. The van der Waals surface area contributed by atoms with Crippen molar-refractivity contribution >= 4 is 5.91 Å². The molecule has 1 N–H and O–H groups in total. The number of nitriles is 1. The van der Waals surface area contributed by atoms with Crippen molar-refractivity contribution in [3.63, 3.8) is 0 Å². The third-order valence-electron chi connectivity index (χ3n) is 5.49. The van der Waals surface area contributed by atoms with Crippen molar-refractivity contribution in [2.45, 2.75) is 78.2 Å². The van der Waals surface area contributed by atoms with Gasteiger partial charge in [0.05, 0.1) is 6.04 Å². The lowest BCUT2D eigenvalue weighted by Crippen LogP contribution is -2.30. The third-order valence-corrected chi connectivity index (χ3v) is 5.49. The first-order valence-corrected chi connectivity index (χ1v) is 10.9. The Kier molecular flexibility index (Phi) is 9.07. The largest absolute Gasteiger partial charge is 0.376 e. The van der Waals surface area contributed by atoms with E-state index in [1.807, 2.05) is 6.92 Å². The Labute approximate surface area is 170 Å². The van der Waals surface area contributed by atoms with E-state index in [2.05, 4.69) is 48.3 Å². The second-order valence-electron chi connectivity index (χ2n) is 7.83. The monoisotopic (exact) mass is 381 g/mol. The SMILES string of the molecule is CCCCN(/C=C(/C#N)C(=O)NC(C)c1ccc2c(c1)CCCC2)CCCC. The minimum absolute atomic E-state index is 0.115. The molecule has 1 amide bonds. The molecular weight excluding hydrogens is 346 g/mol. The van der Waals surface area contributed by atoms with Crippen LogP contribution in [0.25, 0.3) is 0 Å². The first kappa shape index (κ1) is 22.0. The number of nitrogens with zero attached hydrogens (tertiary/aromatic N) is 2. The van der Waals surface area contributed by atoms with Crippen molar-refractivity contribution < 1.29 is 4.79 Å². The van der Waals surface area contributed by atoms with Crippen LogP contribution >= 0.6 is 0 Å². The van der Waals surface area contributed by atoms with Crippen LogP contribution in [0.3, 0.4) is 0 Å². The first-order chi connectivity index (χ1) is 13.6. The van der Waals surface area contributed by atoms with E-state index < -0.39 is 0 Å². The van der Waals surface area contributed by atoms with Crippen LogP contribution in [0, 0.1) is 11.3 Å². The van der Waals surface area contributed by atoms with Crippen LogP contribution < -0.4 is 5.32 Å². The molecule has 1 aliphatic rings. The number of aryl methyl sites for hydroxylation is 2. The molecule has 0 spiro atoms. The highest BCUT2D eigenvalue weighted by molar-refractivity contribution is 5.97. The first-order valence-electron chi connectivity index (χ1n) is 10.9. The van der Waals surface area contributed by atoms with Crippen LogP contribution in [0.5, 0.6) is 0 Å². The van der Waals surface area contributed by atoms with Crippen LogP contribution in [-0.2, 0) is 17.6 Å². The molecule has 0 fully saturated rings. The van der Waals surface area contributed by atoms with Gasteiger partial charge in [0, 0.05) is 19.3 Å². The number of carbonyl (C=O) groups is 1. The van der Waals surface area contributed by atoms with Crippen LogP contribution in [0.1, 0.15) is 82.0 Å². The third kappa shape index (κ3) is 6.41. The predicted molar refractivity (Wildman–Crippen MR) is 115 cm³/mol. The van der Waals surface area contributed by atoms with Crippen molar-refractivity contribution in [2.75, 3.05) is 13.1 Å². The normalized spacial score (nSPS) is 14.7. The van der Waals surface area contributed by atoms with Crippen molar-refractivity contribution in [3.8, 4) is 6.07 Å². The van der Waals surface area contributed by atoms with E-state index in [-0.39, 0.29) is 17.5 Å². The van der Waals surface area contributed by atoms with E-state index in [1.54, 1.807) is 6.20 Å². The maximum absolute atomic E-state index is 12.7. The molecular formula is C24H35N3O. The summed E-state index contributed by atoms with van der Waals surface area (Å²) in [7, 11) is 0. The highest BCUT2D eigenvalue weighted by Gasteiger charge is 2.17. The second-order valence-corrected chi connectivity index (χ2v) is 7.83. The van der Waals surface area contributed by atoms with Gasteiger partial charge in [0.15, 0.2) is 0 Å². The zero-order valence-corrected chi connectivity index (χ0v) is 17.8. The molecule has 1 unspecified atom stereocenters. The van der Waals surface area contributed by atoms with Crippen LogP contribution in [0.15, 0.2) is 30.0 Å². The molecule has 4 nitrogen and oxygen atoms in total. The van der Waals surface area contributed by atoms with Crippen molar-refractivity contribution in [3.05, 3.63) is 46.7 Å². The summed E-state index contributed by atoms with van der Waals surface area (Å²) in [5.74, 6) is -0.286. The lowest BCUT2D eigenvalue weighted by atomic mass is 9.89. The van der Waals surface area contributed by atoms with Crippen LogP contribution in [0.4, 0.5) is 0 Å². The number of hydrogen-bond acceptors (Lipinski definition) is 3. The summed E-state index contributed by atoms with van der Waals surface area (Å²) in [5, 5.41) is 12.5. The molecule has 0 radical (unpaired) electrons. The summed E-state index contributed by atoms with van der Waals surface area (Å²) in [6.45, 7) is 8.06. The number of unbranched alkanes of at least 4 members (excludes halogenated alkanes) is 2. The number of fused-ring (bicyclic) bond motifs is 1. The van der Waals surface area contributed by atoms with Gasteiger partial charge in [0.1, 0.15) is 11.6 Å². The molecule has 1 aromatic carbocycles. The van der Waals surface area contributed by atoms with Crippen molar-refractivity contribution in [2.24, 2.45) is 0 Å². The Balaban J connectivity index is 2.06. The highest BCUT2D eigenvalue weighted by Crippen LogP contribution is 2.25. The summed E-state index contributed by atoms with van der Waals surface area (Å²) in [6.07, 6.45) is 10.9. The van der Waals surface area contributed by atoms with Crippen molar-refractivity contribution in [1.82, 2.24) is 10.2 Å². The standard InChI is InChI=1S/C24H35N3O/c1-4-6-14-27(15-7-5-2)18-23(17-25)24(28)26-19(3)21-13-12-20-10-8-9-11-22(20)16-21/h12-13,16,18-19H,4-11,14-15H2,1-3H3,(H,26,28)/b23-18-. The molecule has 0 aromatic heterocycles. The molecule has 0 bridgehead atoms. The lowest BCUT2D eigenvalue weighted by molar-refractivity contribution is -0.117. The average molecular weight is 382 g/mol.